The highest BCUT2D eigenvalue weighted by Gasteiger charge is 2.24. The standard InChI is InChI=1S/C18H22N2O3/c1-5-18(3,4)20-11-13(14-8-6-7-9-16(14)20)10-15(17(22)23)19-12(2)21/h5-9,11,15H,1,10H2,2-4H3,(H,19,21)(H,22,23)/t15-/m0/s1. The van der Waals surface area contributed by atoms with Crippen molar-refractivity contribution in [2.75, 3.05) is 0 Å². The van der Waals surface area contributed by atoms with Gasteiger partial charge in [0.2, 0.25) is 5.91 Å². The van der Waals surface area contributed by atoms with E-state index in [9.17, 15) is 14.7 Å². The predicted octanol–water partition coefficient (Wildman–Crippen LogP) is 2.69. The number of rotatable bonds is 6. The maximum absolute atomic E-state index is 11.4. The Labute approximate surface area is 135 Å². The fourth-order valence-electron chi connectivity index (χ4n) is 2.65. The van der Waals surface area contributed by atoms with Crippen LogP contribution in [0.4, 0.5) is 0 Å². The van der Waals surface area contributed by atoms with Crippen molar-refractivity contribution in [3.8, 4) is 0 Å². The molecule has 0 saturated carbocycles. The van der Waals surface area contributed by atoms with Crippen LogP contribution in [0.5, 0.6) is 0 Å². The summed E-state index contributed by atoms with van der Waals surface area (Å²) in [5, 5.41) is 12.8. The molecule has 122 valence electrons. The van der Waals surface area contributed by atoms with E-state index in [-0.39, 0.29) is 17.9 Å². The van der Waals surface area contributed by atoms with Gasteiger partial charge in [0.25, 0.3) is 0 Å². The molecule has 1 aromatic heterocycles. The van der Waals surface area contributed by atoms with Crippen molar-refractivity contribution in [3.05, 3.63) is 48.7 Å². The van der Waals surface area contributed by atoms with Crippen molar-refractivity contribution < 1.29 is 14.7 Å². The average molecular weight is 314 g/mol. The third kappa shape index (κ3) is 3.44. The normalized spacial score (nSPS) is 12.8. The zero-order chi connectivity index (χ0) is 17.2. The number of benzene rings is 1. The van der Waals surface area contributed by atoms with Crippen LogP contribution >= 0.6 is 0 Å². The number of aliphatic carboxylic acids is 1. The number of allylic oxidation sites excluding steroid dienone is 1. The number of amides is 1. The zero-order valence-electron chi connectivity index (χ0n) is 13.7. The van der Waals surface area contributed by atoms with Crippen molar-refractivity contribution in [3.63, 3.8) is 0 Å². The van der Waals surface area contributed by atoms with Gasteiger partial charge in [0.15, 0.2) is 0 Å². The zero-order valence-corrected chi connectivity index (χ0v) is 13.7. The number of carbonyl (C=O) groups excluding carboxylic acids is 1. The molecule has 23 heavy (non-hydrogen) atoms. The molecule has 0 saturated heterocycles. The molecule has 1 atom stereocenters. The smallest absolute Gasteiger partial charge is 0.326 e. The molecular weight excluding hydrogens is 292 g/mol. The Kier molecular flexibility index (Phi) is 4.59. The van der Waals surface area contributed by atoms with Gasteiger partial charge in [-0.05, 0) is 25.5 Å². The van der Waals surface area contributed by atoms with Crippen molar-refractivity contribution in [2.45, 2.75) is 38.8 Å². The van der Waals surface area contributed by atoms with Crippen LogP contribution in [0, 0.1) is 0 Å². The van der Waals surface area contributed by atoms with Crippen LogP contribution in [0.25, 0.3) is 10.9 Å². The molecule has 1 amide bonds. The Bertz CT molecular complexity index is 759. The summed E-state index contributed by atoms with van der Waals surface area (Å²) < 4.78 is 2.08. The number of para-hydroxylation sites is 1. The van der Waals surface area contributed by atoms with Crippen LogP contribution in [-0.2, 0) is 21.5 Å². The van der Waals surface area contributed by atoms with Crippen LogP contribution in [0.2, 0.25) is 0 Å². The summed E-state index contributed by atoms with van der Waals surface area (Å²) in [4.78, 5) is 22.6. The Morgan fingerprint density at radius 1 is 1.39 bits per heavy atom. The van der Waals surface area contributed by atoms with E-state index in [0.717, 1.165) is 16.5 Å². The van der Waals surface area contributed by atoms with Gasteiger partial charge in [-0.2, -0.15) is 0 Å². The van der Waals surface area contributed by atoms with Gasteiger partial charge in [-0.15, -0.1) is 6.58 Å². The van der Waals surface area contributed by atoms with Gasteiger partial charge in [0.05, 0.1) is 5.54 Å². The molecule has 5 heteroatoms. The summed E-state index contributed by atoms with van der Waals surface area (Å²) in [6.45, 7) is 9.28. The van der Waals surface area contributed by atoms with Gasteiger partial charge in [0, 0.05) is 30.4 Å². The first-order valence-electron chi connectivity index (χ1n) is 7.49. The van der Waals surface area contributed by atoms with Crippen molar-refractivity contribution in [1.29, 1.82) is 0 Å². The van der Waals surface area contributed by atoms with Crippen LogP contribution < -0.4 is 5.32 Å². The van der Waals surface area contributed by atoms with Crippen molar-refractivity contribution in [1.82, 2.24) is 9.88 Å². The van der Waals surface area contributed by atoms with Gasteiger partial charge in [-0.25, -0.2) is 4.79 Å². The van der Waals surface area contributed by atoms with Gasteiger partial charge >= 0.3 is 5.97 Å². The molecule has 0 radical (unpaired) electrons. The summed E-state index contributed by atoms with van der Waals surface area (Å²) in [7, 11) is 0. The fourth-order valence-corrected chi connectivity index (χ4v) is 2.65. The summed E-state index contributed by atoms with van der Waals surface area (Å²) in [6, 6.07) is 6.89. The van der Waals surface area contributed by atoms with E-state index in [1.54, 1.807) is 0 Å². The SMILES string of the molecule is C=CC(C)(C)n1cc(C[C@H](NC(C)=O)C(=O)O)c2ccccc21. The second kappa shape index (κ2) is 6.28. The first-order chi connectivity index (χ1) is 10.8. The summed E-state index contributed by atoms with van der Waals surface area (Å²) in [5.41, 5.74) is 1.60. The largest absolute Gasteiger partial charge is 0.480 e. The lowest BCUT2D eigenvalue weighted by Gasteiger charge is -2.23. The van der Waals surface area contributed by atoms with E-state index in [2.05, 4.69) is 16.5 Å². The molecule has 2 N–H and O–H groups in total. The number of fused-ring (bicyclic) bond motifs is 1. The average Bonchev–Trinajstić information content (AvgIpc) is 2.86. The summed E-state index contributed by atoms with van der Waals surface area (Å²) >= 11 is 0. The Morgan fingerprint density at radius 3 is 2.61 bits per heavy atom. The Morgan fingerprint density at radius 2 is 2.04 bits per heavy atom. The lowest BCUT2D eigenvalue weighted by molar-refractivity contribution is -0.141. The molecule has 0 aliphatic carbocycles. The lowest BCUT2D eigenvalue weighted by Crippen LogP contribution is -2.41. The second-order valence-electron chi connectivity index (χ2n) is 6.19. The number of nitrogens with one attached hydrogen (secondary N) is 1. The molecular formula is C18H22N2O3. The van der Waals surface area contributed by atoms with Crippen LogP contribution in [0.3, 0.4) is 0 Å². The van der Waals surface area contributed by atoms with Gasteiger partial charge in [-0.3, -0.25) is 4.79 Å². The monoisotopic (exact) mass is 314 g/mol. The van der Waals surface area contributed by atoms with Crippen molar-refractivity contribution in [2.24, 2.45) is 0 Å². The molecule has 2 rings (SSSR count). The molecule has 1 aromatic carbocycles. The number of aromatic nitrogens is 1. The quantitative estimate of drug-likeness (QED) is 0.805. The molecule has 0 unspecified atom stereocenters. The minimum absolute atomic E-state index is 0.232. The van der Waals surface area contributed by atoms with Crippen LogP contribution in [0.15, 0.2) is 43.1 Å². The van der Waals surface area contributed by atoms with Gasteiger partial charge in [0.1, 0.15) is 6.04 Å². The maximum atomic E-state index is 11.4. The maximum Gasteiger partial charge on any atom is 0.326 e. The fraction of sp³-hybridized carbons (Fsp3) is 0.333. The number of carboxylic acids is 1. The molecule has 0 bridgehead atoms. The van der Waals surface area contributed by atoms with E-state index in [1.807, 2.05) is 50.4 Å². The molecule has 0 spiro atoms. The first-order valence-corrected chi connectivity index (χ1v) is 7.49. The predicted molar refractivity (Wildman–Crippen MR) is 90.4 cm³/mol. The Balaban J connectivity index is 2.51. The van der Waals surface area contributed by atoms with E-state index in [4.69, 9.17) is 0 Å². The summed E-state index contributed by atoms with van der Waals surface area (Å²) in [5.74, 6) is -1.40. The van der Waals surface area contributed by atoms with Crippen LogP contribution in [0.1, 0.15) is 26.3 Å². The number of hydrogen-bond acceptors (Lipinski definition) is 2. The highest BCUT2D eigenvalue weighted by atomic mass is 16.4. The highest BCUT2D eigenvalue weighted by molar-refractivity contribution is 5.87. The minimum Gasteiger partial charge on any atom is -0.480 e. The number of nitrogens with zero attached hydrogens (tertiary/aromatic N) is 1. The van der Waals surface area contributed by atoms with Crippen LogP contribution in [-0.4, -0.2) is 27.6 Å². The number of carboxylic acid groups (broad SMARTS) is 1. The van der Waals surface area contributed by atoms with E-state index in [0.29, 0.717) is 0 Å². The van der Waals surface area contributed by atoms with Gasteiger partial charge in [-0.1, -0.05) is 24.3 Å². The van der Waals surface area contributed by atoms with E-state index < -0.39 is 12.0 Å². The third-order valence-electron chi connectivity index (χ3n) is 4.01. The molecule has 0 fully saturated rings. The topological polar surface area (TPSA) is 71.3 Å². The molecule has 5 nitrogen and oxygen atoms in total. The molecule has 0 aliphatic heterocycles. The van der Waals surface area contributed by atoms with E-state index >= 15 is 0 Å². The minimum atomic E-state index is -1.04. The highest BCUT2D eigenvalue weighted by Crippen LogP contribution is 2.29. The molecule has 0 aliphatic rings. The number of hydrogen-bond donors (Lipinski definition) is 2. The molecule has 1 heterocycles. The second-order valence-corrected chi connectivity index (χ2v) is 6.19. The third-order valence-corrected chi connectivity index (χ3v) is 4.01. The summed E-state index contributed by atoms with van der Waals surface area (Å²) in [6.07, 6.45) is 4.03. The van der Waals surface area contributed by atoms with Gasteiger partial charge < -0.3 is 15.0 Å². The number of carbonyl (C=O) groups is 2. The van der Waals surface area contributed by atoms with E-state index in [1.165, 1.54) is 6.92 Å². The Hall–Kier alpha value is -2.56. The van der Waals surface area contributed by atoms with Crippen molar-refractivity contribution >= 4 is 22.8 Å². The molecule has 2 aromatic rings. The lowest BCUT2D eigenvalue weighted by atomic mass is 10.1. The first kappa shape index (κ1) is 16.8.